The Bertz CT molecular complexity index is 435. The molecule has 4 heteroatoms. The van der Waals surface area contributed by atoms with E-state index < -0.39 is 0 Å². The van der Waals surface area contributed by atoms with Gasteiger partial charge in [0.25, 0.3) is 0 Å². The molecule has 120 valence electrons. The first-order valence-corrected chi connectivity index (χ1v) is 7.56. The van der Waals surface area contributed by atoms with E-state index in [1.54, 1.807) is 14.2 Å². The predicted octanol–water partition coefficient (Wildman–Crippen LogP) is 3.07. The maximum atomic E-state index is 6.37. The van der Waals surface area contributed by atoms with Crippen molar-refractivity contribution in [2.45, 2.75) is 39.3 Å². The fourth-order valence-electron chi connectivity index (χ4n) is 2.58. The quantitative estimate of drug-likeness (QED) is 0.800. The molecule has 0 aliphatic heterocycles. The summed E-state index contributed by atoms with van der Waals surface area (Å²) < 4.78 is 10.7. The molecule has 0 radical (unpaired) electrons. The van der Waals surface area contributed by atoms with Crippen LogP contribution >= 0.6 is 0 Å². The van der Waals surface area contributed by atoms with E-state index in [0.717, 1.165) is 23.6 Å². The second-order valence-corrected chi connectivity index (χ2v) is 6.13. The molecule has 21 heavy (non-hydrogen) atoms. The Hall–Kier alpha value is -1.26. The predicted molar refractivity (Wildman–Crippen MR) is 88.0 cm³/mol. The van der Waals surface area contributed by atoms with Gasteiger partial charge in [-0.15, -0.1) is 0 Å². The molecule has 0 saturated heterocycles. The summed E-state index contributed by atoms with van der Waals surface area (Å²) in [7, 11) is 5.44. The second-order valence-electron chi connectivity index (χ2n) is 6.13. The summed E-state index contributed by atoms with van der Waals surface area (Å²) in [5.74, 6) is 2.25. The third kappa shape index (κ3) is 5.21. The summed E-state index contributed by atoms with van der Waals surface area (Å²) in [5, 5.41) is 0. The van der Waals surface area contributed by atoms with Crippen molar-refractivity contribution in [2.24, 2.45) is 11.7 Å². The lowest BCUT2D eigenvalue weighted by Gasteiger charge is -2.29. The minimum absolute atomic E-state index is 0.0783. The van der Waals surface area contributed by atoms with Crippen molar-refractivity contribution in [1.82, 2.24) is 4.90 Å². The van der Waals surface area contributed by atoms with Crippen LogP contribution in [0, 0.1) is 5.92 Å². The lowest BCUT2D eigenvalue weighted by atomic mass is 10.0. The molecule has 2 unspecified atom stereocenters. The van der Waals surface area contributed by atoms with Gasteiger partial charge in [0, 0.05) is 30.3 Å². The first kappa shape index (κ1) is 17.8. The van der Waals surface area contributed by atoms with Gasteiger partial charge in [0.05, 0.1) is 14.2 Å². The standard InChI is InChI=1S/C17H30N2O2/c1-12(2)9-13(3)19(4)11-16(18)15-8-7-14(20-5)10-17(15)21-6/h7-8,10,12-13,16H,9,11,18H2,1-6H3. The molecule has 1 aromatic carbocycles. The molecular weight excluding hydrogens is 264 g/mol. The Morgan fingerprint density at radius 1 is 1.14 bits per heavy atom. The summed E-state index contributed by atoms with van der Waals surface area (Å²) >= 11 is 0. The van der Waals surface area contributed by atoms with Gasteiger partial charge in [-0.1, -0.05) is 19.9 Å². The Morgan fingerprint density at radius 3 is 2.33 bits per heavy atom. The van der Waals surface area contributed by atoms with Gasteiger partial charge in [0.1, 0.15) is 11.5 Å². The number of hydrogen-bond donors (Lipinski definition) is 1. The molecule has 0 aromatic heterocycles. The topological polar surface area (TPSA) is 47.7 Å². The van der Waals surface area contributed by atoms with Crippen molar-refractivity contribution in [3.8, 4) is 11.5 Å². The third-order valence-corrected chi connectivity index (χ3v) is 3.89. The highest BCUT2D eigenvalue weighted by Gasteiger charge is 2.18. The number of methoxy groups -OCH3 is 2. The summed E-state index contributed by atoms with van der Waals surface area (Å²) in [4.78, 5) is 2.31. The van der Waals surface area contributed by atoms with Gasteiger partial charge >= 0.3 is 0 Å². The Kier molecular flexibility index (Phi) is 6.99. The van der Waals surface area contributed by atoms with Crippen molar-refractivity contribution < 1.29 is 9.47 Å². The van der Waals surface area contributed by atoms with E-state index in [1.165, 1.54) is 6.42 Å². The minimum Gasteiger partial charge on any atom is -0.497 e. The zero-order chi connectivity index (χ0) is 16.0. The Labute approximate surface area is 129 Å². The van der Waals surface area contributed by atoms with Gasteiger partial charge in [0.15, 0.2) is 0 Å². The highest BCUT2D eigenvalue weighted by Crippen LogP contribution is 2.29. The molecule has 2 atom stereocenters. The number of likely N-dealkylation sites (N-methyl/N-ethyl adjacent to an activating group) is 1. The lowest BCUT2D eigenvalue weighted by Crippen LogP contribution is -2.36. The van der Waals surface area contributed by atoms with E-state index in [2.05, 4.69) is 32.7 Å². The number of nitrogens with zero attached hydrogens (tertiary/aromatic N) is 1. The van der Waals surface area contributed by atoms with Crippen molar-refractivity contribution in [3.63, 3.8) is 0 Å². The van der Waals surface area contributed by atoms with Gasteiger partial charge in [-0.3, -0.25) is 0 Å². The number of nitrogens with two attached hydrogens (primary N) is 1. The van der Waals surface area contributed by atoms with Gasteiger partial charge in [0.2, 0.25) is 0 Å². The average Bonchev–Trinajstić information content (AvgIpc) is 2.45. The van der Waals surface area contributed by atoms with Crippen LogP contribution in [0.5, 0.6) is 11.5 Å². The van der Waals surface area contributed by atoms with Crippen molar-refractivity contribution in [2.75, 3.05) is 27.8 Å². The Morgan fingerprint density at radius 2 is 1.81 bits per heavy atom. The summed E-state index contributed by atoms with van der Waals surface area (Å²) in [5.41, 5.74) is 7.39. The first-order chi connectivity index (χ1) is 9.88. The first-order valence-electron chi connectivity index (χ1n) is 7.56. The molecule has 0 aliphatic rings. The molecule has 4 nitrogen and oxygen atoms in total. The molecule has 0 fully saturated rings. The zero-order valence-corrected chi connectivity index (χ0v) is 14.2. The maximum absolute atomic E-state index is 6.37. The fraction of sp³-hybridized carbons (Fsp3) is 0.647. The van der Waals surface area contributed by atoms with Crippen molar-refractivity contribution >= 4 is 0 Å². The molecule has 0 heterocycles. The lowest BCUT2D eigenvalue weighted by molar-refractivity contribution is 0.215. The molecule has 1 rings (SSSR count). The summed E-state index contributed by atoms with van der Waals surface area (Å²) in [6, 6.07) is 6.23. The molecule has 2 N–H and O–H groups in total. The van der Waals surface area contributed by atoms with Crippen LogP contribution in [0.3, 0.4) is 0 Å². The van der Waals surface area contributed by atoms with Gasteiger partial charge in [-0.05, 0) is 32.4 Å². The minimum atomic E-state index is -0.0783. The number of rotatable bonds is 8. The van der Waals surface area contributed by atoms with E-state index in [-0.39, 0.29) is 6.04 Å². The summed E-state index contributed by atoms with van der Waals surface area (Å²) in [6.07, 6.45) is 1.17. The molecule has 0 amide bonds. The zero-order valence-electron chi connectivity index (χ0n) is 14.2. The highest BCUT2D eigenvalue weighted by molar-refractivity contribution is 5.42. The van der Waals surface area contributed by atoms with Gasteiger partial charge < -0.3 is 20.1 Å². The van der Waals surface area contributed by atoms with Gasteiger partial charge in [-0.2, -0.15) is 0 Å². The number of hydrogen-bond acceptors (Lipinski definition) is 4. The molecule has 0 saturated carbocycles. The van der Waals surface area contributed by atoms with Crippen LogP contribution in [0.25, 0.3) is 0 Å². The number of benzene rings is 1. The monoisotopic (exact) mass is 294 g/mol. The van der Waals surface area contributed by atoms with E-state index in [1.807, 2.05) is 18.2 Å². The van der Waals surface area contributed by atoms with Gasteiger partial charge in [-0.25, -0.2) is 0 Å². The van der Waals surface area contributed by atoms with E-state index >= 15 is 0 Å². The molecular formula is C17H30N2O2. The normalized spacial score (nSPS) is 14.3. The maximum Gasteiger partial charge on any atom is 0.127 e. The molecule has 0 bridgehead atoms. The number of ether oxygens (including phenoxy) is 2. The van der Waals surface area contributed by atoms with Crippen LogP contribution in [0.2, 0.25) is 0 Å². The van der Waals surface area contributed by atoms with Crippen molar-refractivity contribution in [1.29, 1.82) is 0 Å². The van der Waals surface area contributed by atoms with Crippen LogP contribution < -0.4 is 15.2 Å². The van der Waals surface area contributed by atoms with Crippen molar-refractivity contribution in [3.05, 3.63) is 23.8 Å². The van der Waals surface area contributed by atoms with Crippen LogP contribution in [0.4, 0.5) is 0 Å². The molecule has 1 aromatic rings. The largest absolute Gasteiger partial charge is 0.497 e. The smallest absolute Gasteiger partial charge is 0.127 e. The van der Waals surface area contributed by atoms with E-state index in [9.17, 15) is 0 Å². The summed E-state index contributed by atoms with van der Waals surface area (Å²) in [6.45, 7) is 7.54. The fourth-order valence-corrected chi connectivity index (χ4v) is 2.58. The third-order valence-electron chi connectivity index (χ3n) is 3.89. The van der Waals surface area contributed by atoms with E-state index in [4.69, 9.17) is 15.2 Å². The average molecular weight is 294 g/mol. The van der Waals surface area contributed by atoms with Crippen LogP contribution in [-0.2, 0) is 0 Å². The highest BCUT2D eigenvalue weighted by atomic mass is 16.5. The second kappa shape index (κ2) is 8.25. The molecule has 0 spiro atoms. The van der Waals surface area contributed by atoms with E-state index in [0.29, 0.717) is 12.0 Å². The van der Waals surface area contributed by atoms with Crippen LogP contribution in [0.1, 0.15) is 38.8 Å². The molecule has 0 aliphatic carbocycles. The van der Waals surface area contributed by atoms with Crippen LogP contribution in [0.15, 0.2) is 18.2 Å². The van der Waals surface area contributed by atoms with Crippen LogP contribution in [-0.4, -0.2) is 38.8 Å². The Balaban J connectivity index is 2.77. The SMILES string of the molecule is COc1ccc(C(N)CN(C)C(C)CC(C)C)c(OC)c1.